The van der Waals surface area contributed by atoms with Crippen LogP contribution < -0.4 is 0 Å². The molecule has 0 aliphatic carbocycles. The van der Waals surface area contributed by atoms with Gasteiger partial charge in [0.25, 0.3) is 0 Å². The lowest BCUT2D eigenvalue weighted by atomic mass is 10.1. The van der Waals surface area contributed by atoms with E-state index in [1.807, 2.05) is 12.1 Å². The number of pyridine rings is 1. The van der Waals surface area contributed by atoms with Crippen LogP contribution in [0.1, 0.15) is 17.0 Å². The molecule has 2 aromatic heterocycles. The van der Waals surface area contributed by atoms with Crippen molar-refractivity contribution in [1.29, 1.82) is 0 Å². The number of aromatic nitrogens is 2. The van der Waals surface area contributed by atoms with E-state index in [-0.39, 0.29) is 0 Å². The van der Waals surface area contributed by atoms with Gasteiger partial charge in [-0.2, -0.15) is 0 Å². The van der Waals surface area contributed by atoms with Crippen molar-refractivity contribution in [3.63, 3.8) is 0 Å². The normalized spacial score (nSPS) is 10.9. The number of aryl methyl sites for hydroxylation is 3. The Morgan fingerprint density at radius 3 is 2.23 bits per heavy atom. The molecule has 0 aliphatic rings. The van der Waals surface area contributed by atoms with Gasteiger partial charge >= 0.3 is 0 Å². The molecule has 22 heavy (non-hydrogen) atoms. The Bertz CT molecular complexity index is 753. The molecular weight excluding hydrogens is 292 g/mol. The van der Waals surface area contributed by atoms with Crippen molar-refractivity contribution < 1.29 is 0 Å². The molecule has 0 unspecified atom stereocenters. The van der Waals surface area contributed by atoms with Crippen molar-refractivity contribution >= 4 is 11.6 Å². The average Bonchev–Trinajstić information content (AvgIpc) is 2.87. The van der Waals surface area contributed by atoms with E-state index in [4.69, 9.17) is 16.6 Å². The molecule has 0 saturated carbocycles. The van der Waals surface area contributed by atoms with Crippen molar-refractivity contribution in [3.05, 3.63) is 71.5 Å². The molecule has 0 N–H and O–H groups in total. The van der Waals surface area contributed by atoms with Crippen molar-refractivity contribution in [2.45, 2.75) is 20.3 Å². The largest absolute Gasteiger partial charge is 0.303 e. The third-order valence-electron chi connectivity index (χ3n) is 3.87. The number of rotatable bonds is 4. The van der Waals surface area contributed by atoms with E-state index in [9.17, 15) is 0 Å². The molecule has 0 radical (unpaired) electrons. The fraction of sp³-hybridized carbons (Fsp3) is 0.211. The van der Waals surface area contributed by atoms with Crippen LogP contribution in [-0.2, 0) is 6.42 Å². The first-order chi connectivity index (χ1) is 10.7. The van der Waals surface area contributed by atoms with Gasteiger partial charge in [-0.25, -0.2) is 4.98 Å². The summed E-state index contributed by atoms with van der Waals surface area (Å²) >= 11 is 5.79. The highest BCUT2D eigenvalue weighted by molar-refractivity contribution is 6.17. The molecule has 0 saturated heterocycles. The molecule has 2 heterocycles. The number of benzene rings is 1. The van der Waals surface area contributed by atoms with Gasteiger partial charge in [0.05, 0.1) is 5.69 Å². The first-order valence-corrected chi connectivity index (χ1v) is 8.00. The smallest absolute Gasteiger partial charge is 0.137 e. The summed E-state index contributed by atoms with van der Waals surface area (Å²) in [5.41, 5.74) is 5.76. The van der Waals surface area contributed by atoms with Gasteiger partial charge in [-0.15, -0.1) is 11.6 Å². The summed E-state index contributed by atoms with van der Waals surface area (Å²) in [5.74, 6) is 1.61. The third kappa shape index (κ3) is 2.93. The van der Waals surface area contributed by atoms with Gasteiger partial charge in [-0.1, -0.05) is 30.3 Å². The van der Waals surface area contributed by atoms with E-state index in [1.165, 1.54) is 17.0 Å². The topological polar surface area (TPSA) is 17.8 Å². The molecule has 1 aromatic carbocycles. The SMILES string of the molecule is Cc1ccc(C)n1-c1cccc(-c2ccc(CCCl)cc2)n1. The van der Waals surface area contributed by atoms with Gasteiger partial charge in [0.15, 0.2) is 0 Å². The average molecular weight is 311 g/mol. The first kappa shape index (κ1) is 14.9. The van der Waals surface area contributed by atoms with Crippen molar-refractivity contribution in [2.75, 3.05) is 5.88 Å². The van der Waals surface area contributed by atoms with Gasteiger partial charge in [-0.3, -0.25) is 0 Å². The maximum absolute atomic E-state index is 5.79. The van der Waals surface area contributed by atoms with Crippen LogP contribution in [0.5, 0.6) is 0 Å². The molecular formula is C19H19ClN2. The summed E-state index contributed by atoms with van der Waals surface area (Å²) in [4.78, 5) is 4.82. The second-order valence-electron chi connectivity index (χ2n) is 5.47. The van der Waals surface area contributed by atoms with Crippen LogP contribution in [0.2, 0.25) is 0 Å². The van der Waals surface area contributed by atoms with E-state index in [0.717, 1.165) is 23.5 Å². The number of alkyl halides is 1. The van der Waals surface area contributed by atoms with Crippen LogP contribution in [0.4, 0.5) is 0 Å². The summed E-state index contributed by atoms with van der Waals surface area (Å²) in [6.45, 7) is 4.20. The van der Waals surface area contributed by atoms with E-state index < -0.39 is 0 Å². The minimum Gasteiger partial charge on any atom is -0.303 e. The molecule has 3 aromatic rings. The Kier molecular flexibility index (Phi) is 4.30. The fourth-order valence-corrected chi connectivity index (χ4v) is 2.91. The Morgan fingerprint density at radius 1 is 0.909 bits per heavy atom. The predicted molar refractivity (Wildman–Crippen MR) is 92.9 cm³/mol. The zero-order valence-electron chi connectivity index (χ0n) is 12.9. The molecule has 0 aliphatic heterocycles. The molecule has 0 atom stereocenters. The Balaban J connectivity index is 1.97. The van der Waals surface area contributed by atoms with E-state index in [0.29, 0.717) is 5.88 Å². The van der Waals surface area contributed by atoms with Crippen molar-refractivity contribution in [2.24, 2.45) is 0 Å². The lowest BCUT2D eigenvalue weighted by Crippen LogP contribution is -2.02. The van der Waals surface area contributed by atoms with E-state index in [1.54, 1.807) is 0 Å². The molecule has 0 amide bonds. The highest BCUT2D eigenvalue weighted by Gasteiger charge is 2.07. The van der Waals surface area contributed by atoms with Gasteiger partial charge in [0.1, 0.15) is 5.82 Å². The van der Waals surface area contributed by atoms with Crippen LogP contribution in [0.25, 0.3) is 17.1 Å². The maximum atomic E-state index is 5.79. The van der Waals surface area contributed by atoms with E-state index >= 15 is 0 Å². The Morgan fingerprint density at radius 2 is 1.59 bits per heavy atom. The molecule has 0 bridgehead atoms. The number of halogens is 1. The van der Waals surface area contributed by atoms with Crippen LogP contribution in [-0.4, -0.2) is 15.4 Å². The summed E-state index contributed by atoms with van der Waals surface area (Å²) in [6, 6.07) is 18.9. The van der Waals surface area contributed by atoms with Crippen LogP contribution in [0, 0.1) is 13.8 Å². The summed E-state index contributed by atoms with van der Waals surface area (Å²) < 4.78 is 2.17. The molecule has 0 spiro atoms. The second-order valence-corrected chi connectivity index (χ2v) is 5.85. The van der Waals surface area contributed by atoms with Crippen LogP contribution >= 0.6 is 11.6 Å². The minimum absolute atomic E-state index is 0.652. The molecule has 3 rings (SSSR count). The predicted octanol–water partition coefficient (Wildman–Crippen LogP) is 4.94. The Labute approximate surface area is 136 Å². The van der Waals surface area contributed by atoms with Gasteiger partial charge in [-0.05, 0) is 50.1 Å². The quantitative estimate of drug-likeness (QED) is 0.624. The van der Waals surface area contributed by atoms with Gasteiger partial charge in [0.2, 0.25) is 0 Å². The maximum Gasteiger partial charge on any atom is 0.137 e. The number of nitrogens with zero attached hydrogens (tertiary/aromatic N) is 2. The van der Waals surface area contributed by atoms with Gasteiger partial charge in [0, 0.05) is 22.8 Å². The van der Waals surface area contributed by atoms with Crippen molar-refractivity contribution in [3.8, 4) is 17.1 Å². The fourth-order valence-electron chi connectivity index (χ4n) is 2.69. The van der Waals surface area contributed by atoms with E-state index in [2.05, 4.69) is 60.9 Å². The van der Waals surface area contributed by atoms with Crippen LogP contribution in [0.15, 0.2) is 54.6 Å². The zero-order valence-corrected chi connectivity index (χ0v) is 13.6. The molecule has 112 valence electrons. The monoisotopic (exact) mass is 310 g/mol. The van der Waals surface area contributed by atoms with Crippen LogP contribution in [0.3, 0.4) is 0 Å². The lowest BCUT2D eigenvalue weighted by molar-refractivity contribution is 0.924. The summed E-state index contributed by atoms with van der Waals surface area (Å²) in [6.07, 6.45) is 0.900. The Hall–Kier alpha value is -2.06. The molecule has 2 nitrogen and oxygen atoms in total. The highest BCUT2D eigenvalue weighted by atomic mass is 35.5. The highest BCUT2D eigenvalue weighted by Crippen LogP contribution is 2.21. The standard InChI is InChI=1S/C19H19ClN2/c1-14-6-7-15(2)22(14)19-5-3-4-18(21-19)17-10-8-16(9-11-17)12-13-20/h3-11H,12-13H2,1-2H3. The third-order valence-corrected chi connectivity index (χ3v) is 4.06. The number of hydrogen-bond donors (Lipinski definition) is 0. The summed E-state index contributed by atoms with van der Waals surface area (Å²) in [5, 5.41) is 0. The lowest BCUT2D eigenvalue weighted by Gasteiger charge is -2.10. The number of hydrogen-bond acceptors (Lipinski definition) is 1. The van der Waals surface area contributed by atoms with Gasteiger partial charge < -0.3 is 4.57 Å². The first-order valence-electron chi connectivity index (χ1n) is 7.46. The molecule has 0 fully saturated rings. The second kappa shape index (κ2) is 6.37. The molecule has 3 heteroatoms. The summed E-state index contributed by atoms with van der Waals surface area (Å²) in [7, 11) is 0. The van der Waals surface area contributed by atoms with Crippen molar-refractivity contribution in [1.82, 2.24) is 9.55 Å². The minimum atomic E-state index is 0.652. The zero-order chi connectivity index (χ0) is 15.5.